The molecule has 2 N–H and O–H groups in total. The fourth-order valence-electron chi connectivity index (χ4n) is 3.13. The van der Waals surface area contributed by atoms with Crippen molar-refractivity contribution in [3.63, 3.8) is 0 Å². The van der Waals surface area contributed by atoms with Crippen molar-refractivity contribution in [2.24, 2.45) is 0 Å². The molecule has 0 aliphatic carbocycles. The fourth-order valence-corrected chi connectivity index (χ4v) is 3.13. The first kappa shape index (κ1) is 17.9. The molecule has 0 unspecified atom stereocenters. The zero-order valence-corrected chi connectivity index (χ0v) is 15.1. The molecule has 0 aromatic heterocycles. The highest BCUT2D eigenvalue weighted by Gasteiger charge is 2.23. The monoisotopic (exact) mass is 320 g/mol. The molecule has 1 heterocycles. The van der Waals surface area contributed by atoms with Crippen molar-refractivity contribution < 1.29 is 4.74 Å². The number of hydrogen-bond acceptors (Lipinski definition) is 5. The average Bonchev–Trinajstić information content (AvgIpc) is 2.59. The van der Waals surface area contributed by atoms with Crippen molar-refractivity contribution in [1.29, 1.82) is 0 Å². The molecule has 23 heavy (non-hydrogen) atoms. The van der Waals surface area contributed by atoms with E-state index in [4.69, 9.17) is 10.5 Å². The second-order valence-corrected chi connectivity index (χ2v) is 6.52. The van der Waals surface area contributed by atoms with Crippen LogP contribution in [0.2, 0.25) is 0 Å². The Morgan fingerprint density at radius 2 is 1.91 bits per heavy atom. The highest BCUT2D eigenvalue weighted by atomic mass is 16.5. The first-order valence-electron chi connectivity index (χ1n) is 8.62. The Hall–Kier alpha value is -1.46. The number of likely N-dealkylation sites (N-methyl/N-ethyl adjacent to an activating group) is 2. The van der Waals surface area contributed by atoms with Gasteiger partial charge in [-0.15, -0.1) is 0 Å². The van der Waals surface area contributed by atoms with Gasteiger partial charge in [-0.2, -0.15) is 0 Å². The Morgan fingerprint density at radius 3 is 2.52 bits per heavy atom. The number of nitrogen functional groups attached to an aromatic ring is 1. The molecule has 1 aliphatic heterocycles. The Morgan fingerprint density at radius 1 is 1.22 bits per heavy atom. The molecule has 0 atom stereocenters. The van der Waals surface area contributed by atoms with E-state index in [-0.39, 0.29) is 0 Å². The molecule has 0 saturated carbocycles. The lowest BCUT2D eigenvalue weighted by molar-refractivity contribution is 0.184. The van der Waals surface area contributed by atoms with Crippen molar-refractivity contribution in [3.05, 3.63) is 18.2 Å². The van der Waals surface area contributed by atoms with Crippen LogP contribution in [0.4, 0.5) is 11.4 Å². The van der Waals surface area contributed by atoms with Crippen molar-refractivity contribution >= 4 is 11.4 Å². The van der Waals surface area contributed by atoms with Gasteiger partial charge in [0.1, 0.15) is 5.75 Å². The summed E-state index contributed by atoms with van der Waals surface area (Å²) in [6.45, 7) is 7.79. The van der Waals surface area contributed by atoms with Crippen LogP contribution in [0, 0.1) is 0 Å². The SMILES string of the molecule is CCN(C)CCN(C)C1CCN(c2ccc(N)c(OC)c2)CC1. The van der Waals surface area contributed by atoms with Crippen molar-refractivity contribution in [2.75, 3.05) is 64.6 Å². The maximum absolute atomic E-state index is 5.91. The molecule has 5 heteroatoms. The van der Waals surface area contributed by atoms with E-state index in [0.717, 1.165) is 38.5 Å². The molecule has 1 aliphatic rings. The van der Waals surface area contributed by atoms with E-state index in [9.17, 15) is 0 Å². The van der Waals surface area contributed by atoms with Crippen molar-refractivity contribution in [1.82, 2.24) is 9.80 Å². The number of anilines is 2. The van der Waals surface area contributed by atoms with Gasteiger partial charge in [-0.05, 0) is 45.6 Å². The largest absolute Gasteiger partial charge is 0.495 e. The molecule has 130 valence electrons. The number of rotatable bonds is 7. The summed E-state index contributed by atoms with van der Waals surface area (Å²) >= 11 is 0. The third-order valence-electron chi connectivity index (χ3n) is 5.04. The number of methoxy groups -OCH3 is 1. The molecule has 0 radical (unpaired) electrons. The molecule has 0 amide bonds. The third kappa shape index (κ3) is 4.75. The quantitative estimate of drug-likeness (QED) is 0.780. The molecule has 1 aromatic rings. The van der Waals surface area contributed by atoms with Crippen LogP contribution in [-0.4, -0.2) is 69.8 Å². The predicted molar refractivity (Wildman–Crippen MR) is 98.4 cm³/mol. The van der Waals surface area contributed by atoms with Crippen LogP contribution in [0.15, 0.2) is 18.2 Å². The molecule has 0 bridgehead atoms. The van der Waals surface area contributed by atoms with Crippen LogP contribution in [0.5, 0.6) is 5.75 Å². The number of nitrogens with two attached hydrogens (primary N) is 1. The molecule has 2 rings (SSSR count). The highest BCUT2D eigenvalue weighted by Crippen LogP contribution is 2.29. The normalized spacial score (nSPS) is 16.3. The van der Waals surface area contributed by atoms with E-state index in [1.54, 1.807) is 7.11 Å². The lowest BCUT2D eigenvalue weighted by atomic mass is 10.0. The van der Waals surface area contributed by atoms with Crippen LogP contribution >= 0.6 is 0 Å². The number of nitrogens with zero attached hydrogens (tertiary/aromatic N) is 3. The lowest BCUT2D eigenvalue weighted by Crippen LogP contribution is -2.45. The standard InChI is InChI=1S/C18H32N4O/c1-5-20(2)12-13-21(3)15-8-10-22(11-9-15)16-6-7-17(19)18(14-16)23-4/h6-7,14-15H,5,8-13,19H2,1-4H3. The maximum atomic E-state index is 5.91. The average molecular weight is 320 g/mol. The van der Waals surface area contributed by atoms with Crippen LogP contribution < -0.4 is 15.4 Å². The minimum absolute atomic E-state index is 0.687. The molecule has 1 fully saturated rings. The second kappa shape index (κ2) is 8.41. The summed E-state index contributed by atoms with van der Waals surface area (Å²) in [6.07, 6.45) is 2.41. The van der Waals surface area contributed by atoms with E-state index >= 15 is 0 Å². The molecule has 1 aromatic carbocycles. The van der Waals surface area contributed by atoms with Gasteiger partial charge in [-0.25, -0.2) is 0 Å². The zero-order valence-electron chi connectivity index (χ0n) is 15.1. The van der Waals surface area contributed by atoms with Gasteiger partial charge >= 0.3 is 0 Å². The summed E-state index contributed by atoms with van der Waals surface area (Å²) in [5.74, 6) is 0.768. The summed E-state index contributed by atoms with van der Waals surface area (Å²) in [6, 6.07) is 6.77. The Balaban J connectivity index is 1.86. The minimum atomic E-state index is 0.687. The maximum Gasteiger partial charge on any atom is 0.143 e. The van der Waals surface area contributed by atoms with Crippen molar-refractivity contribution in [3.8, 4) is 5.75 Å². The molecule has 5 nitrogen and oxygen atoms in total. The highest BCUT2D eigenvalue weighted by molar-refractivity contribution is 5.62. The predicted octanol–water partition coefficient (Wildman–Crippen LogP) is 2.13. The van der Waals surface area contributed by atoms with E-state index in [1.165, 1.54) is 18.5 Å². The van der Waals surface area contributed by atoms with Crippen LogP contribution in [0.1, 0.15) is 19.8 Å². The van der Waals surface area contributed by atoms with Crippen molar-refractivity contribution in [2.45, 2.75) is 25.8 Å². The lowest BCUT2D eigenvalue weighted by Gasteiger charge is -2.38. The Bertz CT molecular complexity index is 486. The van der Waals surface area contributed by atoms with E-state index in [0.29, 0.717) is 11.7 Å². The topological polar surface area (TPSA) is 45.0 Å². The fraction of sp³-hybridized carbons (Fsp3) is 0.667. The first-order valence-corrected chi connectivity index (χ1v) is 8.62. The summed E-state index contributed by atoms with van der Waals surface area (Å²) in [7, 11) is 6.12. The van der Waals surface area contributed by atoms with E-state index in [1.807, 2.05) is 6.07 Å². The third-order valence-corrected chi connectivity index (χ3v) is 5.04. The van der Waals surface area contributed by atoms with Gasteiger partial charge in [0, 0.05) is 44.0 Å². The van der Waals surface area contributed by atoms with Gasteiger partial charge in [-0.3, -0.25) is 0 Å². The Kier molecular flexibility index (Phi) is 6.54. The van der Waals surface area contributed by atoms with Gasteiger partial charge in [0.05, 0.1) is 12.8 Å². The molecular formula is C18H32N4O. The summed E-state index contributed by atoms with van der Waals surface area (Å²) in [5, 5.41) is 0. The minimum Gasteiger partial charge on any atom is -0.495 e. The number of ether oxygens (including phenoxy) is 1. The second-order valence-electron chi connectivity index (χ2n) is 6.52. The van der Waals surface area contributed by atoms with Crippen LogP contribution in [0.3, 0.4) is 0 Å². The summed E-state index contributed by atoms with van der Waals surface area (Å²) in [4.78, 5) is 7.32. The number of benzene rings is 1. The number of hydrogen-bond donors (Lipinski definition) is 1. The van der Waals surface area contributed by atoms with Gasteiger partial charge in [-0.1, -0.05) is 6.92 Å². The summed E-state index contributed by atoms with van der Waals surface area (Å²) < 4.78 is 5.34. The van der Waals surface area contributed by atoms with Crippen LogP contribution in [0.25, 0.3) is 0 Å². The molecule has 0 spiro atoms. The Labute approximate surface area is 141 Å². The number of piperidine rings is 1. The smallest absolute Gasteiger partial charge is 0.143 e. The van der Waals surface area contributed by atoms with E-state index < -0.39 is 0 Å². The van der Waals surface area contributed by atoms with Gasteiger partial charge < -0.3 is 25.2 Å². The first-order chi connectivity index (χ1) is 11.0. The van der Waals surface area contributed by atoms with E-state index in [2.05, 4.69) is 47.9 Å². The zero-order chi connectivity index (χ0) is 16.8. The van der Waals surface area contributed by atoms with Crippen LogP contribution in [-0.2, 0) is 0 Å². The molecular weight excluding hydrogens is 288 g/mol. The van der Waals surface area contributed by atoms with Gasteiger partial charge in [0.2, 0.25) is 0 Å². The van der Waals surface area contributed by atoms with Gasteiger partial charge in [0.15, 0.2) is 0 Å². The molecule has 1 saturated heterocycles. The van der Waals surface area contributed by atoms with Gasteiger partial charge in [0.25, 0.3) is 0 Å². The summed E-state index contributed by atoms with van der Waals surface area (Å²) in [5.41, 5.74) is 7.82.